The fraction of sp³-hybridized carbons (Fsp3) is 0.350. The SMILES string of the molecule is NC(=O)c1cccc(CNCC2(c3ccc(Cl)cc3)CCOCC2)c1. The Balaban J connectivity index is 1.70. The quantitative estimate of drug-likeness (QED) is 0.832. The highest BCUT2D eigenvalue weighted by atomic mass is 35.5. The molecular weight excluding hydrogens is 336 g/mol. The molecule has 0 aromatic heterocycles. The summed E-state index contributed by atoms with van der Waals surface area (Å²) in [5.74, 6) is -0.399. The molecule has 1 aliphatic rings. The molecule has 0 unspecified atom stereocenters. The van der Waals surface area contributed by atoms with Gasteiger partial charge >= 0.3 is 0 Å². The average molecular weight is 359 g/mol. The summed E-state index contributed by atoms with van der Waals surface area (Å²) in [4.78, 5) is 11.3. The molecule has 2 aromatic rings. The first-order chi connectivity index (χ1) is 12.1. The first-order valence-electron chi connectivity index (χ1n) is 8.52. The molecule has 1 saturated heterocycles. The van der Waals surface area contributed by atoms with Gasteiger partial charge in [0.1, 0.15) is 0 Å². The van der Waals surface area contributed by atoms with E-state index >= 15 is 0 Å². The Kier molecular flexibility index (Phi) is 5.74. The van der Waals surface area contributed by atoms with Crippen molar-refractivity contribution in [3.63, 3.8) is 0 Å². The van der Waals surface area contributed by atoms with Gasteiger partial charge in [-0.3, -0.25) is 4.79 Å². The summed E-state index contributed by atoms with van der Waals surface area (Å²) >= 11 is 6.04. The first-order valence-corrected chi connectivity index (χ1v) is 8.90. The Morgan fingerprint density at radius 2 is 1.88 bits per heavy atom. The fourth-order valence-corrected chi connectivity index (χ4v) is 3.54. The maximum atomic E-state index is 11.3. The molecule has 0 spiro atoms. The van der Waals surface area contributed by atoms with Crippen molar-refractivity contribution in [3.8, 4) is 0 Å². The van der Waals surface area contributed by atoms with E-state index in [2.05, 4.69) is 17.4 Å². The number of carbonyl (C=O) groups excluding carboxylic acids is 1. The summed E-state index contributed by atoms with van der Waals surface area (Å²) in [6, 6.07) is 15.6. The molecule has 3 N–H and O–H groups in total. The van der Waals surface area contributed by atoms with Gasteiger partial charge in [-0.05, 0) is 48.2 Å². The van der Waals surface area contributed by atoms with Crippen LogP contribution in [-0.2, 0) is 16.7 Å². The Morgan fingerprint density at radius 1 is 1.16 bits per heavy atom. The van der Waals surface area contributed by atoms with Crippen molar-refractivity contribution in [3.05, 3.63) is 70.2 Å². The summed E-state index contributed by atoms with van der Waals surface area (Å²) in [7, 11) is 0. The van der Waals surface area contributed by atoms with Crippen molar-refractivity contribution in [2.24, 2.45) is 5.73 Å². The fourth-order valence-electron chi connectivity index (χ4n) is 3.41. The lowest BCUT2D eigenvalue weighted by molar-refractivity contribution is 0.0498. The molecular formula is C20H23ClN2O2. The number of halogens is 1. The van der Waals surface area contributed by atoms with E-state index in [0.717, 1.165) is 43.2 Å². The van der Waals surface area contributed by atoms with Crippen LogP contribution in [0.2, 0.25) is 5.02 Å². The normalized spacial score (nSPS) is 16.5. The van der Waals surface area contributed by atoms with Gasteiger partial charge in [0, 0.05) is 42.3 Å². The molecule has 1 amide bonds. The Morgan fingerprint density at radius 3 is 2.56 bits per heavy atom. The standard InChI is InChI=1S/C20H23ClN2O2/c21-18-6-4-17(5-7-18)20(8-10-25-11-9-20)14-23-13-15-2-1-3-16(12-15)19(22)24/h1-7,12,23H,8-11,13-14H2,(H2,22,24). The minimum Gasteiger partial charge on any atom is -0.381 e. The smallest absolute Gasteiger partial charge is 0.248 e. The average Bonchev–Trinajstić information content (AvgIpc) is 2.63. The number of ether oxygens (including phenoxy) is 1. The second-order valence-electron chi connectivity index (χ2n) is 6.57. The number of carbonyl (C=O) groups is 1. The predicted molar refractivity (Wildman–Crippen MR) is 99.8 cm³/mol. The number of primary amides is 1. The molecule has 132 valence electrons. The van der Waals surface area contributed by atoms with Gasteiger partial charge < -0.3 is 15.8 Å². The van der Waals surface area contributed by atoms with Crippen LogP contribution in [0.4, 0.5) is 0 Å². The van der Waals surface area contributed by atoms with Crippen LogP contribution in [0.5, 0.6) is 0 Å². The number of hydrogen-bond acceptors (Lipinski definition) is 3. The minimum atomic E-state index is -0.399. The van der Waals surface area contributed by atoms with Crippen molar-refractivity contribution in [2.45, 2.75) is 24.8 Å². The number of rotatable bonds is 6. The van der Waals surface area contributed by atoms with Crippen molar-refractivity contribution in [2.75, 3.05) is 19.8 Å². The molecule has 1 heterocycles. The van der Waals surface area contributed by atoms with Crippen LogP contribution in [0, 0.1) is 0 Å². The van der Waals surface area contributed by atoms with Gasteiger partial charge in [-0.2, -0.15) is 0 Å². The van der Waals surface area contributed by atoms with E-state index in [4.69, 9.17) is 22.1 Å². The topological polar surface area (TPSA) is 64.4 Å². The largest absolute Gasteiger partial charge is 0.381 e. The van der Waals surface area contributed by atoms with E-state index in [1.165, 1.54) is 5.56 Å². The van der Waals surface area contributed by atoms with E-state index in [-0.39, 0.29) is 5.41 Å². The number of benzene rings is 2. The lowest BCUT2D eigenvalue weighted by Gasteiger charge is -2.38. The van der Waals surface area contributed by atoms with E-state index in [9.17, 15) is 4.79 Å². The van der Waals surface area contributed by atoms with Crippen molar-refractivity contribution < 1.29 is 9.53 Å². The molecule has 25 heavy (non-hydrogen) atoms. The maximum absolute atomic E-state index is 11.3. The molecule has 0 aliphatic carbocycles. The zero-order valence-corrected chi connectivity index (χ0v) is 14.9. The summed E-state index contributed by atoms with van der Waals surface area (Å²) in [5.41, 5.74) is 8.28. The highest BCUT2D eigenvalue weighted by Crippen LogP contribution is 2.35. The van der Waals surface area contributed by atoms with Crippen LogP contribution in [-0.4, -0.2) is 25.7 Å². The van der Waals surface area contributed by atoms with Crippen LogP contribution in [0.1, 0.15) is 34.3 Å². The van der Waals surface area contributed by atoms with Crippen LogP contribution in [0.15, 0.2) is 48.5 Å². The predicted octanol–water partition coefficient (Wildman–Crippen LogP) is 3.28. The zero-order chi connectivity index (χ0) is 17.7. The van der Waals surface area contributed by atoms with Gasteiger partial charge in [-0.15, -0.1) is 0 Å². The molecule has 0 radical (unpaired) electrons. The second-order valence-corrected chi connectivity index (χ2v) is 7.00. The summed E-state index contributed by atoms with van der Waals surface area (Å²) < 4.78 is 5.57. The van der Waals surface area contributed by atoms with E-state index < -0.39 is 5.91 Å². The maximum Gasteiger partial charge on any atom is 0.248 e. The summed E-state index contributed by atoms with van der Waals surface area (Å²) in [6.07, 6.45) is 1.95. The van der Waals surface area contributed by atoms with Gasteiger partial charge in [-0.25, -0.2) is 0 Å². The lowest BCUT2D eigenvalue weighted by atomic mass is 9.74. The van der Waals surface area contributed by atoms with E-state index in [0.29, 0.717) is 12.1 Å². The van der Waals surface area contributed by atoms with Crippen LogP contribution in [0.25, 0.3) is 0 Å². The summed E-state index contributed by atoms with van der Waals surface area (Å²) in [6.45, 7) is 3.07. The van der Waals surface area contributed by atoms with Crippen molar-refractivity contribution in [1.82, 2.24) is 5.32 Å². The lowest BCUT2D eigenvalue weighted by Crippen LogP contribution is -2.42. The van der Waals surface area contributed by atoms with Gasteiger partial charge in [-0.1, -0.05) is 35.9 Å². The molecule has 0 bridgehead atoms. The van der Waals surface area contributed by atoms with Gasteiger partial charge in [0.2, 0.25) is 5.91 Å². The third-order valence-corrected chi connectivity index (χ3v) is 5.16. The molecule has 0 saturated carbocycles. The molecule has 4 nitrogen and oxygen atoms in total. The number of hydrogen-bond donors (Lipinski definition) is 2. The van der Waals surface area contributed by atoms with Crippen LogP contribution >= 0.6 is 11.6 Å². The molecule has 1 fully saturated rings. The minimum absolute atomic E-state index is 0.0458. The zero-order valence-electron chi connectivity index (χ0n) is 14.1. The molecule has 1 aliphatic heterocycles. The third kappa shape index (κ3) is 4.40. The van der Waals surface area contributed by atoms with Crippen LogP contribution < -0.4 is 11.1 Å². The highest BCUT2D eigenvalue weighted by molar-refractivity contribution is 6.30. The van der Waals surface area contributed by atoms with Crippen molar-refractivity contribution >= 4 is 17.5 Å². The first kappa shape index (κ1) is 17.9. The molecule has 3 rings (SSSR count). The molecule has 0 atom stereocenters. The molecule has 2 aromatic carbocycles. The van der Waals surface area contributed by atoms with Crippen molar-refractivity contribution in [1.29, 1.82) is 0 Å². The van der Waals surface area contributed by atoms with E-state index in [1.807, 2.05) is 30.3 Å². The van der Waals surface area contributed by atoms with E-state index in [1.54, 1.807) is 6.07 Å². The van der Waals surface area contributed by atoms with Crippen LogP contribution in [0.3, 0.4) is 0 Å². The Hall–Kier alpha value is -1.88. The number of nitrogens with one attached hydrogen (secondary N) is 1. The number of nitrogens with two attached hydrogens (primary N) is 1. The monoisotopic (exact) mass is 358 g/mol. The third-order valence-electron chi connectivity index (χ3n) is 4.91. The Labute approximate surface area is 153 Å². The van der Waals surface area contributed by atoms with Gasteiger partial charge in [0.25, 0.3) is 0 Å². The molecule has 5 heteroatoms. The Bertz CT molecular complexity index is 725. The highest BCUT2D eigenvalue weighted by Gasteiger charge is 2.34. The van der Waals surface area contributed by atoms with Gasteiger partial charge in [0.05, 0.1) is 0 Å². The van der Waals surface area contributed by atoms with Gasteiger partial charge in [0.15, 0.2) is 0 Å². The number of amides is 1. The summed E-state index contributed by atoms with van der Waals surface area (Å²) in [5, 5.41) is 4.30. The second kappa shape index (κ2) is 8.00.